The molecule has 0 fully saturated rings. The van der Waals surface area contributed by atoms with Gasteiger partial charge in [-0.05, 0) is 36.2 Å². The van der Waals surface area contributed by atoms with E-state index in [-0.39, 0.29) is 5.91 Å². The molecule has 0 saturated heterocycles. The SMILES string of the molecule is CCc1ccc(C(=O)NCCNc2cc(Nc3ccccn3)ncn2)cc1. The molecule has 3 aromatic rings. The Morgan fingerprint density at radius 1 is 0.926 bits per heavy atom. The Kier molecular flexibility index (Phi) is 6.30. The van der Waals surface area contributed by atoms with Gasteiger partial charge in [-0.1, -0.05) is 25.1 Å². The molecular weight excluding hydrogens is 340 g/mol. The largest absolute Gasteiger partial charge is 0.368 e. The van der Waals surface area contributed by atoms with Gasteiger partial charge in [-0.15, -0.1) is 0 Å². The fourth-order valence-corrected chi connectivity index (χ4v) is 2.45. The monoisotopic (exact) mass is 362 g/mol. The molecule has 0 atom stereocenters. The van der Waals surface area contributed by atoms with Crippen LogP contribution in [0.3, 0.4) is 0 Å². The van der Waals surface area contributed by atoms with Gasteiger partial charge >= 0.3 is 0 Å². The number of anilines is 3. The summed E-state index contributed by atoms with van der Waals surface area (Å²) in [5.74, 6) is 1.94. The van der Waals surface area contributed by atoms with Crippen LogP contribution in [0.15, 0.2) is 61.1 Å². The lowest BCUT2D eigenvalue weighted by molar-refractivity contribution is 0.0955. The average Bonchev–Trinajstić information content (AvgIpc) is 2.72. The zero-order valence-electron chi connectivity index (χ0n) is 15.1. The summed E-state index contributed by atoms with van der Waals surface area (Å²) >= 11 is 0. The van der Waals surface area contributed by atoms with E-state index in [4.69, 9.17) is 0 Å². The highest BCUT2D eigenvalue weighted by atomic mass is 16.1. The standard InChI is InChI=1S/C20H22N6O/c1-2-15-6-8-16(9-7-15)20(27)23-12-11-22-18-13-19(25-14-24-18)26-17-5-3-4-10-21-17/h3-10,13-14H,2,11-12H2,1H3,(H,23,27)(H2,21,22,24,25,26). The van der Waals surface area contributed by atoms with Crippen molar-refractivity contribution in [2.75, 3.05) is 23.7 Å². The number of nitrogens with zero attached hydrogens (tertiary/aromatic N) is 3. The number of amides is 1. The number of rotatable bonds is 8. The van der Waals surface area contributed by atoms with Gasteiger partial charge in [-0.2, -0.15) is 0 Å². The minimum absolute atomic E-state index is 0.0837. The first-order valence-electron chi connectivity index (χ1n) is 8.85. The number of aryl methyl sites for hydroxylation is 1. The topological polar surface area (TPSA) is 91.8 Å². The van der Waals surface area contributed by atoms with Crippen molar-refractivity contribution >= 4 is 23.4 Å². The summed E-state index contributed by atoms with van der Waals surface area (Å²) in [6.07, 6.45) is 4.14. The third-order valence-electron chi connectivity index (χ3n) is 3.93. The second-order valence-electron chi connectivity index (χ2n) is 5.86. The number of hydrogen-bond donors (Lipinski definition) is 3. The Balaban J connectivity index is 1.46. The molecule has 2 heterocycles. The van der Waals surface area contributed by atoms with Gasteiger partial charge in [0.05, 0.1) is 0 Å². The molecule has 2 aromatic heterocycles. The minimum atomic E-state index is -0.0837. The van der Waals surface area contributed by atoms with Gasteiger partial charge in [0.25, 0.3) is 5.91 Å². The van der Waals surface area contributed by atoms with Crippen LogP contribution in [0.5, 0.6) is 0 Å². The van der Waals surface area contributed by atoms with Gasteiger partial charge < -0.3 is 16.0 Å². The lowest BCUT2D eigenvalue weighted by Gasteiger charge is -2.09. The number of hydrogen-bond acceptors (Lipinski definition) is 6. The Bertz CT molecular complexity index is 867. The summed E-state index contributed by atoms with van der Waals surface area (Å²) in [5.41, 5.74) is 1.88. The van der Waals surface area contributed by atoms with E-state index in [2.05, 4.69) is 37.8 Å². The lowest BCUT2D eigenvalue weighted by atomic mass is 10.1. The highest BCUT2D eigenvalue weighted by molar-refractivity contribution is 5.94. The van der Waals surface area contributed by atoms with Crippen LogP contribution in [-0.4, -0.2) is 33.9 Å². The van der Waals surface area contributed by atoms with E-state index in [1.807, 2.05) is 42.5 Å². The Morgan fingerprint density at radius 2 is 1.74 bits per heavy atom. The third-order valence-corrected chi connectivity index (χ3v) is 3.93. The highest BCUT2D eigenvalue weighted by Gasteiger charge is 2.05. The van der Waals surface area contributed by atoms with E-state index < -0.39 is 0 Å². The molecule has 7 nitrogen and oxygen atoms in total. The van der Waals surface area contributed by atoms with E-state index in [1.54, 1.807) is 12.3 Å². The Hall–Kier alpha value is -3.48. The highest BCUT2D eigenvalue weighted by Crippen LogP contribution is 2.13. The van der Waals surface area contributed by atoms with Crippen LogP contribution in [0.4, 0.5) is 17.5 Å². The lowest BCUT2D eigenvalue weighted by Crippen LogP contribution is -2.28. The fraction of sp³-hybridized carbons (Fsp3) is 0.200. The fourth-order valence-electron chi connectivity index (χ4n) is 2.45. The predicted molar refractivity (Wildman–Crippen MR) is 106 cm³/mol. The first-order valence-corrected chi connectivity index (χ1v) is 8.85. The molecule has 0 saturated carbocycles. The van der Waals surface area contributed by atoms with Crippen LogP contribution in [0.25, 0.3) is 0 Å². The molecular formula is C20H22N6O. The van der Waals surface area contributed by atoms with Crippen molar-refractivity contribution < 1.29 is 4.79 Å². The molecule has 0 aliphatic rings. The van der Waals surface area contributed by atoms with Crippen LogP contribution in [0.1, 0.15) is 22.8 Å². The first-order chi connectivity index (χ1) is 13.2. The maximum absolute atomic E-state index is 12.1. The van der Waals surface area contributed by atoms with Crippen molar-refractivity contribution in [3.63, 3.8) is 0 Å². The van der Waals surface area contributed by atoms with E-state index in [9.17, 15) is 4.79 Å². The minimum Gasteiger partial charge on any atom is -0.368 e. The average molecular weight is 362 g/mol. The molecule has 138 valence electrons. The summed E-state index contributed by atoms with van der Waals surface area (Å²) in [6, 6.07) is 15.0. The van der Waals surface area contributed by atoms with Gasteiger partial charge in [0.1, 0.15) is 23.8 Å². The predicted octanol–water partition coefficient (Wildman–Crippen LogP) is 3.02. The van der Waals surface area contributed by atoms with Gasteiger partial charge in [0.2, 0.25) is 0 Å². The quantitative estimate of drug-likeness (QED) is 0.534. The molecule has 0 aliphatic carbocycles. The molecule has 27 heavy (non-hydrogen) atoms. The summed E-state index contributed by atoms with van der Waals surface area (Å²) < 4.78 is 0. The van der Waals surface area contributed by atoms with Crippen molar-refractivity contribution in [3.05, 3.63) is 72.2 Å². The molecule has 0 aliphatic heterocycles. The summed E-state index contributed by atoms with van der Waals surface area (Å²) in [4.78, 5) is 24.7. The maximum Gasteiger partial charge on any atom is 0.251 e. The van der Waals surface area contributed by atoms with Gasteiger partial charge in [0, 0.05) is 30.9 Å². The van der Waals surface area contributed by atoms with Crippen molar-refractivity contribution in [1.82, 2.24) is 20.3 Å². The first kappa shape index (κ1) is 18.3. The number of carbonyl (C=O) groups excluding carboxylic acids is 1. The van der Waals surface area contributed by atoms with Crippen molar-refractivity contribution in [2.45, 2.75) is 13.3 Å². The third kappa shape index (κ3) is 5.50. The van der Waals surface area contributed by atoms with Crippen LogP contribution in [0, 0.1) is 0 Å². The van der Waals surface area contributed by atoms with Gasteiger partial charge in [0.15, 0.2) is 0 Å². The van der Waals surface area contributed by atoms with E-state index >= 15 is 0 Å². The van der Waals surface area contributed by atoms with Crippen LogP contribution in [-0.2, 0) is 6.42 Å². The summed E-state index contributed by atoms with van der Waals surface area (Å²) in [5, 5.41) is 9.17. The number of nitrogens with one attached hydrogen (secondary N) is 3. The summed E-state index contributed by atoms with van der Waals surface area (Å²) in [7, 11) is 0. The Morgan fingerprint density at radius 3 is 2.48 bits per heavy atom. The van der Waals surface area contributed by atoms with Crippen LogP contribution >= 0.6 is 0 Å². The number of benzene rings is 1. The number of carbonyl (C=O) groups is 1. The van der Waals surface area contributed by atoms with Crippen LogP contribution in [0.2, 0.25) is 0 Å². The normalized spacial score (nSPS) is 10.3. The molecule has 0 spiro atoms. The van der Waals surface area contributed by atoms with Gasteiger partial charge in [-0.25, -0.2) is 15.0 Å². The number of aromatic nitrogens is 3. The second-order valence-corrected chi connectivity index (χ2v) is 5.86. The van der Waals surface area contributed by atoms with Crippen molar-refractivity contribution in [2.24, 2.45) is 0 Å². The molecule has 3 rings (SSSR count). The molecule has 3 N–H and O–H groups in total. The van der Waals surface area contributed by atoms with Crippen molar-refractivity contribution in [1.29, 1.82) is 0 Å². The zero-order chi connectivity index (χ0) is 18.9. The molecule has 1 aromatic carbocycles. The van der Waals surface area contributed by atoms with E-state index in [0.29, 0.717) is 36.1 Å². The molecule has 7 heteroatoms. The second kappa shape index (κ2) is 9.28. The van der Waals surface area contributed by atoms with Crippen LogP contribution < -0.4 is 16.0 Å². The zero-order valence-corrected chi connectivity index (χ0v) is 15.1. The number of pyridine rings is 1. The summed E-state index contributed by atoms with van der Waals surface area (Å²) in [6.45, 7) is 3.13. The smallest absolute Gasteiger partial charge is 0.251 e. The maximum atomic E-state index is 12.1. The van der Waals surface area contributed by atoms with Crippen molar-refractivity contribution in [3.8, 4) is 0 Å². The van der Waals surface area contributed by atoms with Gasteiger partial charge in [-0.3, -0.25) is 4.79 Å². The molecule has 0 radical (unpaired) electrons. The van der Waals surface area contributed by atoms with E-state index in [0.717, 1.165) is 6.42 Å². The Labute approximate surface area is 158 Å². The molecule has 0 unspecified atom stereocenters. The molecule has 1 amide bonds. The molecule has 0 bridgehead atoms. The van der Waals surface area contributed by atoms with E-state index in [1.165, 1.54) is 11.9 Å².